The summed E-state index contributed by atoms with van der Waals surface area (Å²) in [6.45, 7) is 1.33. The van der Waals surface area contributed by atoms with Gasteiger partial charge in [0.2, 0.25) is 0 Å². The van der Waals surface area contributed by atoms with E-state index in [2.05, 4.69) is 5.32 Å². The fraction of sp³-hybridized carbons (Fsp3) is 0.429. The molecule has 0 radical (unpaired) electrons. The number of aromatic carboxylic acids is 1. The molecular formula is C14H18N2O4. The van der Waals surface area contributed by atoms with Gasteiger partial charge in [0.1, 0.15) is 0 Å². The van der Waals surface area contributed by atoms with Gasteiger partial charge in [-0.15, -0.1) is 0 Å². The van der Waals surface area contributed by atoms with Crippen molar-refractivity contribution in [2.75, 3.05) is 25.5 Å². The molecule has 6 nitrogen and oxygen atoms in total. The van der Waals surface area contributed by atoms with E-state index >= 15 is 0 Å². The Morgan fingerprint density at radius 3 is 2.35 bits per heavy atom. The second-order valence-electron chi connectivity index (χ2n) is 4.73. The molecule has 0 saturated carbocycles. The third kappa shape index (κ3) is 3.48. The number of carboxylic acid groups (broad SMARTS) is 1. The second-order valence-corrected chi connectivity index (χ2v) is 4.73. The van der Waals surface area contributed by atoms with Crippen LogP contribution >= 0.6 is 0 Å². The zero-order valence-electron chi connectivity index (χ0n) is 11.3. The fourth-order valence-corrected chi connectivity index (χ4v) is 2.19. The number of nitrogens with one attached hydrogen (secondary N) is 1. The molecule has 20 heavy (non-hydrogen) atoms. The van der Waals surface area contributed by atoms with E-state index in [4.69, 9.17) is 9.84 Å². The highest BCUT2D eigenvalue weighted by atomic mass is 16.5. The Morgan fingerprint density at radius 1 is 1.25 bits per heavy atom. The van der Waals surface area contributed by atoms with Crippen molar-refractivity contribution in [1.29, 1.82) is 0 Å². The van der Waals surface area contributed by atoms with Crippen LogP contribution in [0.2, 0.25) is 0 Å². The fourth-order valence-electron chi connectivity index (χ4n) is 2.19. The van der Waals surface area contributed by atoms with Crippen molar-refractivity contribution < 1.29 is 19.4 Å². The molecular weight excluding hydrogens is 260 g/mol. The third-order valence-electron chi connectivity index (χ3n) is 3.45. The molecule has 2 N–H and O–H groups in total. The largest absolute Gasteiger partial charge is 0.478 e. The zero-order valence-corrected chi connectivity index (χ0v) is 11.3. The van der Waals surface area contributed by atoms with Crippen molar-refractivity contribution in [2.45, 2.75) is 18.9 Å². The summed E-state index contributed by atoms with van der Waals surface area (Å²) in [6.07, 6.45) is 1.90. The molecule has 1 saturated heterocycles. The summed E-state index contributed by atoms with van der Waals surface area (Å²) in [5.74, 6) is -0.982. The second kappa shape index (κ2) is 6.38. The van der Waals surface area contributed by atoms with Crippen molar-refractivity contribution in [3.63, 3.8) is 0 Å². The molecule has 6 heteroatoms. The number of carboxylic acids is 1. The van der Waals surface area contributed by atoms with Crippen LogP contribution in [0.4, 0.5) is 10.5 Å². The molecule has 0 atom stereocenters. The van der Waals surface area contributed by atoms with Crippen LogP contribution in [-0.4, -0.2) is 48.3 Å². The molecule has 108 valence electrons. The molecule has 1 aliphatic rings. The Bertz CT molecular complexity index is 478. The van der Waals surface area contributed by atoms with Gasteiger partial charge in [0.25, 0.3) is 0 Å². The minimum atomic E-state index is -0.982. The van der Waals surface area contributed by atoms with Gasteiger partial charge in [-0.2, -0.15) is 0 Å². The molecule has 0 unspecified atom stereocenters. The number of likely N-dealkylation sites (tertiary alicyclic amines) is 1. The lowest BCUT2D eigenvalue weighted by Gasteiger charge is -2.31. The Labute approximate surface area is 117 Å². The highest BCUT2D eigenvalue weighted by Gasteiger charge is 2.22. The average molecular weight is 278 g/mol. The van der Waals surface area contributed by atoms with Crippen molar-refractivity contribution in [3.8, 4) is 0 Å². The molecule has 1 aromatic rings. The maximum absolute atomic E-state index is 12.0. The Hall–Kier alpha value is -2.08. The lowest BCUT2D eigenvalue weighted by molar-refractivity contribution is 0.0521. The number of hydrogen-bond donors (Lipinski definition) is 2. The molecule has 0 spiro atoms. The molecule has 1 aliphatic heterocycles. The number of carbonyl (C=O) groups excluding carboxylic acids is 1. The van der Waals surface area contributed by atoms with Gasteiger partial charge in [0.05, 0.1) is 11.7 Å². The predicted molar refractivity (Wildman–Crippen MR) is 74.0 cm³/mol. The van der Waals surface area contributed by atoms with E-state index in [0.717, 1.165) is 12.8 Å². The number of anilines is 1. The number of hydrogen-bond acceptors (Lipinski definition) is 3. The number of ether oxygens (including phenoxy) is 1. The van der Waals surface area contributed by atoms with Crippen molar-refractivity contribution in [3.05, 3.63) is 29.8 Å². The monoisotopic (exact) mass is 278 g/mol. The van der Waals surface area contributed by atoms with Crippen molar-refractivity contribution in [1.82, 2.24) is 4.90 Å². The Morgan fingerprint density at radius 2 is 1.85 bits per heavy atom. The Kier molecular flexibility index (Phi) is 4.57. The van der Waals surface area contributed by atoms with E-state index in [1.807, 2.05) is 0 Å². The van der Waals surface area contributed by atoms with Crippen LogP contribution in [0.1, 0.15) is 23.2 Å². The third-order valence-corrected chi connectivity index (χ3v) is 3.45. The van der Waals surface area contributed by atoms with Crippen LogP contribution in [0.15, 0.2) is 24.3 Å². The van der Waals surface area contributed by atoms with Crippen LogP contribution < -0.4 is 5.32 Å². The maximum Gasteiger partial charge on any atom is 0.335 e. The number of urea groups is 1. The van der Waals surface area contributed by atoms with Gasteiger partial charge >= 0.3 is 12.0 Å². The highest BCUT2D eigenvalue weighted by molar-refractivity contribution is 5.91. The minimum Gasteiger partial charge on any atom is -0.478 e. The predicted octanol–water partition coefficient (Wildman–Crippen LogP) is 2.03. The van der Waals surface area contributed by atoms with E-state index in [1.165, 1.54) is 12.1 Å². The van der Waals surface area contributed by atoms with E-state index < -0.39 is 5.97 Å². The van der Waals surface area contributed by atoms with Gasteiger partial charge in [0, 0.05) is 25.9 Å². The lowest BCUT2D eigenvalue weighted by atomic mass is 10.1. The quantitative estimate of drug-likeness (QED) is 0.886. The highest BCUT2D eigenvalue weighted by Crippen LogP contribution is 2.15. The number of methoxy groups -OCH3 is 1. The average Bonchev–Trinajstić information content (AvgIpc) is 2.48. The van der Waals surface area contributed by atoms with Gasteiger partial charge in [-0.1, -0.05) is 0 Å². The normalized spacial score (nSPS) is 15.9. The summed E-state index contributed by atoms with van der Waals surface area (Å²) < 4.78 is 5.26. The maximum atomic E-state index is 12.0. The summed E-state index contributed by atoms with van der Waals surface area (Å²) >= 11 is 0. The minimum absolute atomic E-state index is 0.164. The van der Waals surface area contributed by atoms with Gasteiger partial charge in [0.15, 0.2) is 0 Å². The molecule has 2 amide bonds. The van der Waals surface area contributed by atoms with Gasteiger partial charge in [-0.3, -0.25) is 0 Å². The summed E-state index contributed by atoms with van der Waals surface area (Å²) in [6, 6.07) is 5.94. The van der Waals surface area contributed by atoms with E-state index in [-0.39, 0.29) is 17.7 Å². The van der Waals surface area contributed by atoms with E-state index in [0.29, 0.717) is 18.8 Å². The first kappa shape index (κ1) is 14.3. The number of rotatable bonds is 3. The van der Waals surface area contributed by atoms with Crippen molar-refractivity contribution >= 4 is 17.7 Å². The summed E-state index contributed by atoms with van der Waals surface area (Å²) in [7, 11) is 1.68. The summed E-state index contributed by atoms with van der Waals surface area (Å²) in [5.41, 5.74) is 0.790. The number of piperidine rings is 1. The summed E-state index contributed by atoms with van der Waals surface area (Å²) in [5, 5.41) is 11.6. The van der Waals surface area contributed by atoms with Crippen molar-refractivity contribution in [2.24, 2.45) is 0 Å². The lowest BCUT2D eigenvalue weighted by Crippen LogP contribution is -2.42. The Balaban J connectivity index is 1.90. The van der Waals surface area contributed by atoms with Crippen LogP contribution in [0.5, 0.6) is 0 Å². The van der Waals surface area contributed by atoms with Crippen LogP contribution in [0.25, 0.3) is 0 Å². The molecule has 0 aromatic heterocycles. The standard InChI is InChI=1S/C14H18N2O4/c1-20-12-6-8-16(9-7-12)14(19)15-11-4-2-10(3-5-11)13(17)18/h2-5,12H,6-9H2,1H3,(H,15,19)(H,17,18). The number of amides is 2. The molecule has 1 fully saturated rings. The molecule has 1 heterocycles. The van der Waals surface area contributed by atoms with Gasteiger partial charge in [-0.25, -0.2) is 9.59 Å². The first-order valence-electron chi connectivity index (χ1n) is 6.52. The van der Waals surface area contributed by atoms with E-state index in [1.54, 1.807) is 24.1 Å². The van der Waals surface area contributed by atoms with Gasteiger partial charge in [-0.05, 0) is 37.1 Å². The first-order valence-corrected chi connectivity index (χ1v) is 6.52. The van der Waals surface area contributed by atoms with Crippen LogP contribution in [-0.2, 0) is 4.74 Å². The number of benzene rings is 1. The smallest absolute Gasteiger partial charge is 0.335 e. The zero-order chi connectivity index (χ0) is 14.5. The number of carbonyl (C=O) groups is 2. The van der Waals surface area contributed by atoms with Crippen LogP contribution in [0, 0.1) is 0 Å². The molecule has 1 aromatic carbocycles. The van der Waals surface area contributed by atoms with E-state index in [9.17, 15) is 9.59 Å². The SMILES string of the molecule is COC1CCN(C(=O)Nc2ccc(C(=O)O)cc2)CC1. The molecule has 0 bridgehead atoms. The molecule has 2 rings (SSSR count). The van der Waals surface area contributed by atoms with Crippen LogP contribution in [0.3, 0.4) is 0 Å². The summed E-state index contributed by atoms with van der Waals surface area (Å²) in [4.78, 5) is 24.5. The van der Waals surface area contributed by atoms with Gasteiger partial charge < -0.3 is 20.1 Å². The topological polar surface area (TPSA) is 78.9 Å². The first-order chi connectivity index (χ1) is 9.60. The molecule has 0 aliphatic carbocycles. The number of nitrogens with zero attached hydrogens (tertiary/aromatic N) is 1.